The number of carbonyl (C=O) groups is 2. The topological polar surface area (TPSA) is 71.1 Å². The Hall–Kier alpha value is -3.03. The van der Waals surface area contributed by atoms with E-state index in [2.05, 4.69) is 47.5 Å². The van der Waals surface area contributed by atoms with Gasteiger partial charge in [-0.3, -0.25) is 9.59 Å². The van der Waals surface area contributed by atoms with E-state index in [-0.39, 0.29) is 11.8 Å². The Labute approximate surface area is 191 Å². The molecule has 0 bridgehead atoms. The Morgan fingerprint density at radius 1 is 0.667 bits per heavy atom. The highest BCUT2D eigenvalue weighted by atomic mass is 79.9. The van der Waals surface area contributed by atoms with Crippen LogP contribution in [0, 0.1) is 0 Å². The number of rotatable bonds is 6. The number of nitrogens with zero attached hydrogens (tertiary/aromatic N) is 1. The fourth-order valence-corrected chi connectivity index (χ4v) is 2.93. The van der Waals surface area contributed by atoms with Crippen LogP contribution in [0.25, 0.3) is 12.2 Å². The van der Waals surface area contributed by atoms with Crippen LogP contribution in [-0.4, -0.2) is 16.8 Å². The van der Waals surface area contributed by atoms with Crippen molar-refractivity contribution in [1.29, 1.82) is 0 Å². The number of aromatic nitrogens is 1. The third-order valence-corrected chi connectivity index (χ3v) is 4.90. The van der Waals surface area contributed by atoms with Gasteiger partial charge in [0.05, 0.1) is 0 Å². The second-order valence-electron chi connectivity index (χ2n) is 6.16. The molecule has 2 amide bonds. The van der Waals surface area contributed by atoms with Crippen LogP contribution in [0.5, 0.6) is 0 Å². The predicted octanol–water partition coefficient (Wildman–Crippen LogP) is 5.91. The van der Waals surface area contributed by atoms with Crippen LogP contribution in [0.3, 0.4) is 0 Å². The SMILES string of the molecule is O=C(/C=C\c1ccc(Br)cc1)Nc1cccc(NC(=O)/C=C/c2ccc(Br)cc2)n1. The van der Waals surface area contributed by atoms with Crippen molar-refractivity contribution in [1.82, 2.24) is 4.98 Å². The smallest absolute Gasteiger partial charge is 0.249 e. The zero-order chi connectivity index (χ0) is 21.3. The molecular weight excluding hydrogens is 510 g/mol. The fraction of sp³-hybridized carbons (Fsp3) is 0. The van der Waals surface area contributed by atoms with E-state index in [9.17, 15) is 9.59 Å². The van der Waals surface area contributed by atoms with E-state index < -0.39 is 0 Å². The summed E-state index contributed by atoms with van der Waals surface area (Å²) in [4.78, 5) is 28.5. The molecule has 1 aromatic heterocycles. The van der Waals surface area contributed by atoms with Gasteiger partial charge in [0, 0.05) is 21.1 Å². The average molecular weight is 527 g/mol. The zero-order valence-electron chi connectivity index (χ0n) is 15.7. The van der Waals surface area contributed by atoms with Gasteiger partial charge in [0.15, 0.2) is 0 Å². The van der Waals surface area contributed by atoms with Gasteiger partial charge in [0.1, 0.15) is 11.6 Å². The number of hydrogen-bond donors (Lipinski definition) is 2. The van der Waals surface area contributed by atoms with Crippen molar-refractivity contribution in [2.24, 2.45) is 0 Å². The zero-order valence-corrected chi connectivity index (χ0v) is 18.9. The molecule has 150 valence electrons. The lowest BCUT2D eigenvalue weighted by Crippen LogP contribution is -2.12. The first kappa shape index (κ1) is 21.7. The minimum atomic E-state index is -0.316. The molecule has 1 heterocycles. The van der Waals surface area contributed by atoms with Crippen LogP contribution in [0.4, 0.5) is 11.6 Å². The van der Waals surface area contributed by atoms with Gasteiger partial charge in [-0.1, -0.05) is 62.2 Å². The van der Waals surface area contributed by atoms with Gasteiger partial charge in [-0.15, -0.1) is 0 Å². The third kappa shape index (κ3) is 7.09. The second kappa shape index (κ2) is 10.7. The molecule has 0 unspecified atom stereocenters. The summed E-state index contributed by atoms with van der Waals surface area (Å²) in [6.07, 6.45) is 6.27. The Bertz CT molecular complexity index is 1010. The highest BCUT2D eigenvalue weighted by molar-refractivity contribution is 9.10. The first-order valence-corrected chi connectivity index (χ1v) is 10.5. The Kier molecular flexibility index (Phi) is 7.70. The molecule has 0 spiro atoms. The summed E-state index contributed by atoms with van der Waals surface area (Å²) in [7, 11) is 0. The highest BCUT2D eigenvalue weighted by Crippen LogP contribution is 2.13. The molecule has 7 heteroatoms. The van der Waals surface area contributed by atoms with E-state index in [0.717, 1.165) is 20.1 Å². The molecule has 0 saturated heterocycles. The molecule has 0 aliphatic carbocycles. The Morgan fingerprint density at radius 3 is 1.47 bits per heavy atom. The van der Waals surface area contributed by atoms with Gasteiger partial charge < -0.3 is 10.6 Å². The van der Waals surface area contributed by atoms with Crippen molar-refractivity contribution in [2.45, 2.75) is 0 Å². The van der Waals surface area contributed by atoms with E-state index in [1.54, 1.807) is 30.4 Å². The molecule has 30 heavy (non-hydrogen) atoms. The molecule has 0 atom stereocenters. The first-order valence-electron chi connectivity index (χ1n) is 8.94. The number of anilines is 2. The number of carbonyl (C=O) groups excluding carboxylic acids is 2. The van der Waals surface area contributed by atoms with Crippen LogP contribution in [0.1, 0.15) is 11.1 Å². The van der Waals surface area contributed by atoms with Crippen LogP contribution in [0.2, 0.25) is 0 Å². The van der Waals surface area contributed by atoms with Gasteiger partial charge in [0.25, 0.3) is 0 Å². The minimum absolute atomic E-state index is 0.316. The maximum atomic E-state index is 12.1. The lowest BCUT2D eigenvalue weighted by atomic mass is 10.2. The summed E-state index contributed by atoms with van der Waals surface area (Å²) < 4.78 is 1.94. The molecule has 5 nitrogen and oxygen atoms in total. The number of amides is 2. The van der Waals surface area contributed by atoms with E-state index in [0.29, 0.717) is 11.6 Å². The molecule has 3 rings (SSSR count). The van der Waals surface area contributed by atoms with Crippen molar-refractivity contribution in [2.75, 3.05) is 10.6 Å². The third-order valence-electron chi connectivity index (χ3n) is 3.85. The molecule has 0 aliphatic heterocycles. The van der Waals surface area contributed by atoms with Crippen molar-refractivity contribution in [3.8, 4) is 0 Å². The normalized spacial score (nSPS) is 11.0. The monoisotopic (exact) mass is 525 g/mol. The van der Waals surface area contributed by atoms with Crippen LogP contribution in [-0.2, 0) is 9.59 Å². The highest BCUT2D eigenvalue weighted by Gasteiger charge is 2.03. The van der Waals surface area contributed by atoms with E-state index >= 15 is 0 Å². The van der Waals surface area contributed by atoms with Gasteiger partial charge in [-0.2, -0.15) is 0 Å². The number of hydrogen-bond acceptors (Lipinski definition) is 3. The molecule has 0 fully saturated rings. The Morgan fingerprint density at radius 2 is 1.07 bits per heavy atom. The standard InChI is InChI=1S/C23H17Br2N3O2/c24-18-10-4-16(5-11-18)8-14-22(29)27-20-2-1-3-21(26-20)28-23(30)15-9-17-6-12-19(25)13-7-17/h1-15H,(H2,26,27,28,29,30)/b14-8-,15-9+. The van der Waals surface area contributed by atoms with Crippen molar-refractivity contribution in [3.63, 3.8) is 0 Å². The average Bonchev–Trinajstić information content (AvgIpc) is 2.73. The number of benzene rings is 2. The summed E-state index contributed by atoms with van der Waals surface area (Å²) in [5.74, 6) is 0.0540. The van der Waals surface area contributed by atoms with Crippen molar-refractivity contribution >= 4 is 67.5 Å². The summed E-state index contributed by atoms with van der Waals surface area (Å²) in [6.45, 7) is 0. The first-order chi connectivity index (χ1) is 14.5. The molecule has 0 aliphatic rings. The van der Waals surface area contributed by atoms with Crippen molar-refractivity contribution < 1.29 is 9.59 Å². The molecular formula is C23H17Br2N3O2. The van der Waals surface area contributed by atoms with Gasteiger partial charge in [0.2, 0.25) is 11.8 Å². The lowest BCUT2D eigenvalue weighted by Gasteiger charge is -2.05. The minimum Gasteiger partial charge on any atom is -0.307 e. The summed E-state index contributed by atoms with van der Waals surface area (Å²) in [6, 6.07) is 20.2. The molecule has 0 radical (unpaired) electrons. The molecule has 0 saturated carbocycles. The van der Waals surface area contributed by atoms with E-state index in [4.69, 9.17) is 0 Å². The number of pyridine rings is 1. The number of halogens is 2. The van der Waals surface area contributed by atoms with Gasteiger partial charge in [-0.25, -0.2) is 4.98 Å². The lowest BCUT2D eigenvalue weighted by molar-refractivity contribution is -0.112. The second-order valence-corrected chi connectivity index (χ2v) is 7.99. The van der Waals surface area contributed by atoms with Crippen LogP contribution >= 0.6 is 31.9 Å². The van der Waals surface area contributed by atoms with Crippen molar-refractivity contribution in [3.05, 3.63) is 99.0 Å². The fourth-order valence-electron chi connectivity index (χ4n) is 2.40. The van der Waals surface area contributed by atoms with E-state index in [1.165, 1.54) is 12.2 Å². The van der Waals surface area contributed by atoms with Gasteiger partial charge >= 0.3 is 0 Å². The summed E-state index contributed by atoms with van der Waals surface area (Å²) in [5.41, 5.74) is 1.81. The molecule has 2 aromatic carbocycles. The Balaban J connectivity index is 1.57. The molecule has 2 N–H and O–H groups in total. The molecule has 3 aromatic rings. The van der Waals surface area contributed by atoms with E-state index in [1.807, 2.05) is 48.5 Å². The quantitative estimate of drug-likeness (QED) is 0.392. The summed E-state index contributed by atoms with van der Waals surface area (Å²) >= 11 is 6.74. The number of nitrogens with one attached hydrogen (secondary N) is 2. The maximum Gasteiger partial charge on any atom is 0.249 e. The van der Waals surface area contributed by atoms with Crippen LogP contribution in [0.15, 0.2) is 87.8 Å². The maximum absolute atomic E-state index is 12.1. The predicted molar refractivity (Wildman–Crippen MR) is 128 cm³/mol. The van der Waals surface area contributed by atoms with Crippen LogP contribution < -0.4 is 10.6 Å². The largest absolute Gasteiger partial charge is 0.307 e. The summed E-state index contributed by atoms with van der Waals surface area (Å²) in [5, 5.41) is 5.36. The van der Waals surface area contributed by atoms with Gasteiger partial charge in [-0.05, 0) is 59.7 Å².